The number of nitrogens with zero attached hydrogens (tertiary/aromatic N) is 3. The Labute approximate surface area is 154 Å². The molecule has 0 aliphatic carbocycles. The zero-order valence-corrected chi connectivity index (χ0v) is 14.8. The second-order valence-electron chi connectivity index (χ2n) is 4.96. The molecule has 0 unspecified atom stereocenters. The molecule has 10 heteroatoms. The van der Waals surface area contributed by atoms with E-state index in [1.165, 1.54) is 25.7 Å². The first-order valence-corrected chi connectivity index (χ1v) is 7.75. The van der Waals surface area contributed by atoms with E-state index in [9.17, 15) is 8.78 Å². The number of hydrogen-bond acceptors (Lipinski definition) is 7. The van der Waals surface area contributed by atoms with Crippen molar-refractivity contribution in [1.29, 1.82) is 0 Å². The maximum atomic E-state index is 13.8. The van der Waals surface area contributed by atoms with E-state index in [-0.39, 0.29) is 34.6 Å². The van der Waals surface area contributed by atoms with Crippen molar-refractivity contribution in [3.05, 3.63) is 52.4 Å². The topological polar surface area (TPSA) is 97.5 Å². The monoisotopic (exact) mass is 382 g/mol. The van der Waals surface area contributed by atoms with Crippen molar-refractivity contribution >= 4 is 29.6 Å². The fraction of sp³-hybridized carbons (Fsp3) is 0.188. The van der Waals surface area contributed by atoms with Gasteiger partial charge in [0.15, 0.2) is 17.4 Å². The van der Waals surface area contributed by atoms with E-state index in [1.54, 1.807) is 7.05 Å². The van der Waals surface area contributed by atoms with Crippen molar-refractivity contribution in [2.45, 2.75) is 6.54 Å². The molecule has 0 radical (unpaired) electrons. The fourth-order valence-electron chi connectivity index (χ4n) is 2.09. The normalized spacial score (nSPS) is 11.7. The summed E-state index contributed by atoms with van der Waals surface area (Å²) in [7, 11) is 2.89. The summed E-state index contributed by atoms with van der Waals surface area (Å²) in [5, 5.41) is 5.99. The van der Waals surface area contributed by atoms with Gasteiger partial charge in [0.1, 0.15) is 10.8 Å². The van der Waals surface area contributed by atoms with Gasteiger partial charge in [0, 0.05) is 37.6 Å². The number of nitrogens with one attached hydrogen (secondary N) is 2. The number of anilines is 2. The molecule has 0 saturated carbocycles. The molecule has 0 spiro atoms. The van der Waals surface area contributed by atoms with Crippen LogP contribution in [0, 0.1) is 11.6 Å². The fourth-order valence-corrected chi connectivity index (χ4v) is 2.25. The number of allylic oxidation sites excluding steroid dienone is 1. The van der Waals surface area contributed by atoms with Crippen LogP contribution in [-0.2, 0) is 6.54 Å². The highest BCUT2D eigenvalue weighted by Gasteiger charge is 2.13. The Morgan fingerprint density at radius 3 is 2.85 bits per heavy atom. The third-order valence-electron chi connectivity index (χ3n) is 3.18. The maximum absolute atomic E-state index is 13.8. The van der Waals surface area contributed by atoms with Crippen molar-refractivity contribution in [2.24, 2.45) is 10.7 Å². The van der Waals surface area contributed by atoms with E-state index in [0.29, 0.717) is 5.70 Å². The summed E-state index contributed by atoms with van der Waals surface area (Å²) in [5.41, 5.74) is 6.23. The van der Waals surface area contributed by atoms with Crippen LogP contribution < -0.4 is 21.1 Å². The highest BCUT2D eigenvalue weighted by Crippen LogP contribution is 2.26. The number of methoxy groups -OCH3 is 1. The molecule has 0 saturated heterocycles. The number of benzene rings is 1. The molecule has 0 aliphatic heterocycles. The minimum Gasteiger partial charge on any atom is -0.493 e. The minimum absolute atomic E-state index is 0.0318. The Bertz CT molecular complexity index is 844. The molecule has 0 fully saturated rings. The lowest BCUT2D eigenvalue weighted by molar-refractivity contribution is 0.379. The first-order valence-electron chi connectivity index (χ1n) is 7.37. The summed E-state index contributed by atoms with van der Waals surface area (Å²) in [6.45, 7) is 0.0318. The van der Waals surface area contributed by atoms with E-state index in [0.717, 1.165) is 12.1 Å². The summed E-state index contributed by atoms with van der Waals surface area (Å²) in [4.78, 5) is 12.1. The van der Waals surface area contributed by atoms with Gasteiger partial charge >= 0.3 is 0 Å². The smallest absolute Gasteiger partial charge is 0.229 e. The summed E-state index contributed by atoms with van der Waals surface area (Å²) in [6.07, 6.45) is 4.17. The molecular formula is C16H17ClF2N6O. The minimum atomic E-state index is -0.794. The zero-order chi connectivity index (χ0) is 19.1. The van der Waals surface area contributed by atoms with Crippen molar-refractivity contribution in [3.8, 4) is 5.75 Å². The average Bonchev–Trinajstić information content (AvgIpc) is 2.61. The van der Waals surface area contributed by atoms with Gasteiger partial charge in [-0.3, -0.25) is 4.99 Å². The zero-order valence-electron chi connectivity index (χ0n) is 14.1. The lowest BCUT2D eigenvalue weighted by Crippen LogP contribution is -2.10. The van der Waals surface area contributed by atoms with Crippen molar-refractivity contribution in [2.75, 3.05) is 24.8 Å². The van der Waals surface area contributed by atoms with Crippen LogP contribution in [0.1, 0.15) is 5.56 Å². The van der Waals surface area contributed by atoms with Crippen LogP contribution in [0.3, 0.4) is 0 Å². The van der Waals surface area contributed by atoms with Gasteiger partial charge in [-0.15, -0.1) is 0 Å². The first kappa shape index (κ1) is 19.4. The standard InChI is InChI=1S/C16H17ClF2N6O/c1-21-7-11(5-20)24-16-23-8-12(17)15(25-16)22-6-9-3-10(18)4-13(19)14(9)26-2/h3-5,7-8H,6,20H2,1-2H3,(H2,22,23,24,25)/b11-5+,21-7?. The Kier molecular flexibility index (Phi) is 6.67. The SMILES string of the molecule is CN=C/C(=C\N)Nc1ncc(Cl)c(NCc2cc(F)cc(F)c2OC)n1. The molecule has 26 heavy (non-hydrogen) atoms. The second kappa shape index (κ2) is 8.95. The molecule has 1 aromatic carbocycles. The molecule has 7 nitrogen and oxygen atoms in total. The third-order valence-corrected chi connectivity index (χ3v) is 3.46. The average molecular weight is 383 g/mol. The van der Waals surface area contributed by atoms with E-state index < -0.39 is 11.6 Å². The Morgan fingerprint density at radius 1 is 1.42 bits per heavy atom. The number of ether oxygens (including phenoxy) is 1. The molecule has 138 valence electrons. The molecule has 0 bridgehead atoms. The molecule has 0 amide bonds. The van der Waals surface area contributed by atoms with Gasteiger partial charge in [-0.2, -0.15) is 4.98 Å². The number of nitrogens with two attached hydrogens (primary N) is 1. The highest BCUT2D eigenvalue weighted by atomic mass is 35.5. The van der Waals surface area contributed by atoms with E-state index in [2.05, 4.69) is 25.6 Å². The molecule has 0 atom stereocenters. The summed E-state index contributed by atoms with van der Waals surface area (Å²) >= 11 is 6.07. The highest BCUT2D eigenvalue weighted by molar-refractivity contribution is 6.32. The molecule has 4 N–H and O–H groups in total. The quantitative estimate of drug-likeness (QED) is 0.637. The summed E-state index contributed by atoms with van der Waals surface area (Å²) in [6, 6.07) is 1.91. The molecule has 1 heterocycles. The molecular weight excluding hydrogens is 366 g/mol. The van der Waals surface area contributed by atoms with Crippen molar-refractivity contribution in [3.63, 3.8) is 0 Å². The molecule has 0 aliphatic rings. The maximum Gasteiger partial charge on any atom is 0.229 e. The number of aromatic nitrogens is 2. The van der Waals surface area contributed by atoms with Gasteiger partial charge in [0.2, 0.25) is 5.95 Å². The van der Waals surface area contributed by atoms with Gasteiger partial charge in [-0.25, -0.2) is 13.8 Å². The summed E-state index contributed by atoms with van der Waals surface area (Å²) < 4.78 is 32.2. The number of halogens is 3. The third kappa shape index (κ3) is 4.79. The molecule has 1 aromatic heterocycles. The van der Waals surface area contributed by atoms with E-state index in [1.807, 2.05) is 0 Å². The predicted octanol–water partition coefficient (Wildman–Crippen LogP) is 2.94. The van der Waals surface area contributed by atoms with Gasteiger partial charge in [-0.05, 0) is 6.07 Å². The Hall–Kier alpha value is -2.94. The molecule has 2 rings (SSSR count). The van der Waals surface area contributed by atoms with Crippen molar-refractivity contribution < 1.29 is 13.5 Å². The Morgan fingerprint density at radius 2 is 2.19 bits per heavy atom. The second-order valence-corrected chi connectivity index (χ2v) is 5.37. The number of rotatable bonds is 7. The van der Waals surface area contributed by atoms with Gasteiger partial charge in [0.05, 0.1) is 19.0 Å². The molecule has 2 aromatic rings. The first-order chi connectivity index (χ1) is 12.5. The van der Waals surface area contributed by atoms with Crippen LogP contribution in [0.2, 0.25) is 5.02 Å². The van der Waals surface area contributed by atoms with Gasteiger partial charge in [0.25, 0.3) is 0 Å². The number of hydrogen-bond donors (Lipinski definition) is 3. The Balaban J connectivity index is 2.21. The lowest BCUT2D eigenvalue weighted by Gasteiger charge is -2.13. The lowest BCUT2D eigenvalue weighted by atomic mass is 10.2. The van der Waals surface area contributed by atoms with Crippen LogP contribution >= 0.6 is 11.6 Å². The van der Waals surface area contributed by atoms with Crippen LogP contribution in [-0.4, -0.2) is 30.3 Å². The number of aliphatic imine (C=N–C) groups is 1. The largest absolute Gasteiger partial charge is 0.493 e. The van der Waals surface area contributed by atoms with E-state index >= 15 is 0 Å². The van der Waals surface area contributed by atoms with Gasteiger partial charge in [-0.1, -0.05) is 11.6 Å². The van der Waals surface area contributed by atoms with Crippen LogP contribution in [0.5, 0.6) is 5.75 Å². The van der Waals surface area contributed by atoms with E-state index in [4.69, 9.17) is 22.1 Å². The summed E-state index contributed by atoms with van der Waals surface area (Å²) in [5.74, 6) is -1.09. The van der Waals surface area contributed by atoms with Gasteiger partial charge < -0.3 is 21.1 Å². The van der Waals surface area contributed by atoms with Crippen molar-refractivity contribution in [1.82, 2.24) is 9.97 Å². The van der Waals surface area contributed by atoms with Crippen LogP contribution in [0.25, 0.3) is 0 Å². The van der Waals surface area contributed by atoms with Crippen LogP contribution in [0.15, 0.2) is 35.2 Å². The van der Waals surface area contributed by atoms with Crippen LogP contribution in [0.4, 0.5) is 20.5 Å². The predicted molar refractivity (Wildman–Crippen MR) is 97.6 cm³/mol.